The van der Waals surface area contributed by atoms with E-state index in [0.29, 0.717) is 10.2 Å². The van der Waals surface area contributed by atoms with Crippen LogP contribution in [0.15, 0.2) is 34.1 Å². The van der Waals surface area contributed by atoms with Crippen LogP contribution >= 0.6 is 27.3 Å². The molecule has 0 amide bonds. The zero-order valence-corrected chi connectivity index (χ0v) is 12.3. The van der Waals surface area contributed by atoms with E-state index in [9.17, 15) is 4.39 Å². The van der Waals surface area contributed by atoms with E-state index in [2.05, 4.69) is 34.2 Å². The zero-order chi connectivity index (χ0) is 13.1. The van der Waals surface area contributed by atoms with Crippen LogP contribution in [0, 0.1) is 5.82 Å². The Morgan fingerprint density at radius 2 is 2.28 bits per heavy atom. The van der Waals surface area contributed by atoms with Crippen molar-refractivity contribution in [3.8, 4) is 0 Å². The summed E-state index contributed by atoms with van der Waals surface area (Å²) in [5.41, 5.74) is 7.00. The zero-order valence-electron chi connectivity index (χ0n) is 9.91. The second-order valence-electron chi connectivity index (χ2n) is 3.97. The number of hydrogen-bond acceptors (Lipinski definition) is 3. The molecule has 0 saturated carbocycles. The van der Waals surface area contributed by atoms with E-state index in [1.54, 1.807) is 17.4 Å². The highest BCUT2D eigenvalue weighted by atomic mass is 79.9. The van der Waals surface area contributed by atoms with Gasteiger partial charge in [0, 0.05) is 10.9 Å². The molecule has 1 unspecified atom stereocenters. The lowest BCUT2D eigenvalue weighted by Gasteiger charge is -2.18. The average Bonchev–Trinajstić information content (AvgIpc) is 2.85. The van der Waals surface area contributed by atoms with Crippen LogP contribution < -0.4 is 11.1 Å². The number of nitrogens with two attached hydrogens (primary N) is 1. The van der Waals surface area contributed by atoms with Crippen molar-refractivity contribution >= 4 is 38.6 Å². The third kappa shape index (κ3) is 2.84. The second-order valence-corrected chi connectivity index (χ2v) is 5.81. The van der Waals surface area contributed by atoms with Crippen molar-refractivity contribution in [2.45, 2.75) is 19.4 Å². The van der Waals surface area contributed by atoms with Crippen LogP contribution in [0.3, 0.4) is 0 Å². The molecular weight excluding hydrogens is 315 g/mol. The number of hydrogen-bond donors (Lipinski definition) is 2. The predicted octanol–water partition coefficient (Wildman–Crippen LogP) is 4.80. The third-order valence-corrected chi connectivity index (χ3v) is 4.31. The van der Waals surface area contributed by atoms with Gasteiger partial charge in [0.15, 0.2) is 0 Å². The molecule has 2 nitrogen and oxygen atoms in total. The average molecular weight is 329 g/mol. The molecule has 1 aromatic heterocycles. The molecule has 0 spiro atoms. The molecule has 1 atom stereocenters. The fraction of sp³-hybridized carbons (Fsp3) is 0.231. The van der Waals surface area contributed by atoms with E-state index < -0.39 is 0 Å². The highest BCUT2D eigenvalue weighted by molar-refractivity contribution is 9.10. The molecule has 0 fully saturated rings. The maximum Gasteiger partial charge on any atom is 0.139 e. The minimum Gasteiger partial charge on any atom is -0.397 e. The van der Waals surface area contributed by atoms with Crippen LogP contribution in [0.25, 0.3) is 0 Å². The molecule has 2 rings (SSSR count). The lowest BCUT2D eigenvalue weighted by Crippen LogP contribution is -2.10. The highest BCUT2D eigenvalue weighted by Gasteiger charge is 2.13. The van der Waals surface area contributed by atoms with Crippen LogP contribution in [-0.4, -0.2) is 0 Å². The Morgan fingerprint density at radius 1 is 1.50 bits per heavy atom. The SMILES string of the molecule is CCC(Nc1cc(Br)c(F)cc1N)c1cccs1. The second kappa shape index (κ2) is 5.71. The van der Waals surface area contributed by atoms with Crippen molar-refractivity contribution in [2.24, 2.45) is 0 Å². The summed E-state index contributed by atoms with van der Waals surface area (Å²) in [7, 11) is 0. The summed E-state index contributed by atoms with van der Waals surface area (Å²) in [4.78, 5) is 1.25. The number of nitrogen functional groups attached to an aromatic ring is 1. The number of benzene rings is 1. The number of anilines is 2. The van der Waals surface area contributed by atoms with Gasteiger partial charge in [0.2, 0.25) is 0 Å². The predicted molar refractivity (Wildman–Crippen MR) is 79.5 cm³/mol. The van der Waals surface area contributed by atoms with Crippen molar-refractivity contribution in [2.75, 3.05) is 11.1 Å². The van der Waals surface area contributed by atoms with E-state index in [0.717, 1.165) is 12.1 Å². The van der Waals surface area contributed by atoms with Gasteiger partial charge in [0.25, 0.3) is 0 Å². The minimum absolute atomic E-state index is 0.199. The summed E-state index contributed by atoms with van der Waals surface area (Å²) in [6.45, 7) is 2.10. The molecule has 1 aromatic carbocycles. The summed E-state index contributed by atoms with van der Waals surface area (Å²) in [5.74, 6) is -0.345. The molecule has 3 N–H and O–H groups in total. The number of nitrogens with one attached hydrogen (secondary N) is 1. The summed E-state index contributed by atoms with van der Waals surface area (Å²) in [6.07, 6.45) is 0.939. The summed E-state index contributed by atoms with van der Waals surface area (Å²) < 4.78 is 13.7. The lowest BCUT2D eigenvalue weighted by atomic mass is 10.1. The summed E-state index contributed by atoms with van der Waals surface area (Å²) in [5, 5.41) is 5.40. The van der Waals surface area contributed by atoms with Crippen LogP contribution in [-0.2, 0) is 0 Å². The van der Waals surface area contributed by atoms with Gasteiger partial charge in [-0.25, -0.2) is 4.39 Å². The maximum absolute atomic E-state index is 13.3. The first-order valence-electron chi connectivity index (χ1n) is 5.66. The van der Waals surface area contributed by atoms with Crippen LogP contribution in [0.4, 0.5) is 15.8 Å². The number of halogens is 2. The van der Waals surface area contributed by atoms with Gasteiger partial charge in [-0.15, -0.1) is 11.3 Å². The Hall–Kier alpha value is -1.07. The third-order valence-electron chi connectivity index (χ3n) is 2.72. The van der Waals surface area contributed by atoms with E-state index in [1.807, 2.05) is 11.4 Å². The van der Waals surface area contributed by atoms with Gasteiger partial charge < -0.3 is 11.1 Å². The quantitative estimate of drug-likeness (QED) is 0.791. The van der Waals surface area contributed by atoms with Crippen LogP contribution in [0.1, 0.15) is 24.3 Å². The van der Waals surface area contributed by atoms with Gasteiger partial charge >= 0.3 is 0 Å². The van der Waals surface area contributed by atoms with Gasteiger partial charge in [0.1, 0.15) is 5.82 Å². The minimum atomic E-state index is -0.345. The largest absolute Gasteiger partial charge is 0.397 e. The first kappa shape index (κ1) is 13.4. The first-order valence-corrected chi connectivity index (χ1v) is 7.33. The monoisotopic (exact) mass is 328 g/mol. The van der Waals surface area contributed by atoms with E-state index in [4.69, 9.17) is 5.73 Å². The van der Waals surface area contributed by atoms with Crippen molar-refractivity contribution in [1.82, 2.24) is 0 Å². The summed E-state index contributed by atoms with van der Waals surface area (Å²) in [6, 6.07) is 7.31. The van der Waals surface area contributed by atoms with Crippen LogP contribution in [0.5, 0.6) is 0 Å². The molecule has 18 heavy (non-hydrogen) atoms. The topological polar surface area (TPSA) is 38.0 Å². The normalized spacial score (nSPS) is 12.4. The molecule has 0 aliphatic carbocycles. The fourth-order valence-corrected chi connectivity index (χ4v) is 2.94. The van der Waals surface area contributed by atoms with Crippen molar-refractivity contribution < 1.29 is 4.39 Å². The van der Waals surface area contributed by atoms with Crippen molar-refractivity contribution in [3.05, 3.63) is 44.8 Å². The lowest BCUT2D eigenvalue weighted by molar-refractivity contribution is 0.621. The van der Waals surface area contributed by atoms with Gasteiger partial charge in [-0.3, -0.25) is 0 Å². The van der Waals surface area contributed by atoms with Crippen molar-refractivity contribution in [3.63, 3.8) is 0 Å². The summed E-state index contributed by atoms with van der Waals surface area (Å²) >= 11 is 4.87. The number of thiophene rings is 1. The Bertz CT molecular complexity index is 528. The Labute approximate surface area is 118 Å². The molecule has 0 radical (unpaired) electrons. The maximum atomic E-state index is 13.3. The Balaban J connectivity index is 2.25. The van der Waals surface area contributed by atoms with E-state index in [-0.39, 0.29) is 11.9 Å². The van der Waals surface area contributed by atoms with Gasteiger partial charge in [-0.2, -0.15) is 0 Å². The van der Waals surface area contributed by atoms with Crippen molar-refractivity contribution in [1.29, 1.82) is 0 Å². The number of rotatable bonds is 4. The fourth-order valence-electron chi connectivity index (χ4n) is 1.74. The van der Waals surface area contributed by atoms with Crippen LogP contribution in [0.2, 0.25) is 0 Å². The Kier molecular flexibility index (Phi) is 4.24. The van der Waals surface area contributed by atoms with Gasteiger partial charge in [-0.05, 0) is 39.9 Å². The molecule has 1 heterocycles. The molecule has 0 aliphatic rings. The van der Waals surface area contributed by atoms with E-state index >= 15 is 0 Å². The van der Waals surface area contributed by atoms with Gasteiger partial charge in [-0.1, -0.05) is 13.0 Å². The van der Waals surface area contributed by atoms with Gasteiger partial charge in [0.05, 0.1) is 21.9 Å². The smallest absolute Gasteiger partial charge is 0.139 e. The molecular formula is C13H14BrFN2S. The Morgan fingerprint density at radius 3 is 2.89 bits per heavy atom. The standard InChI is InChI=1S/C13H14BrFN2S/c1-2-11(13-4-3-5-18-13)17-12-6-8(14)9(15)7-10(12)16/h3-7,11,17H,2,16H2,1H3. The molecule has 2 aromatic rings. The van der Waals surface area contributed by atoms with E-state index in [1.165, 1.54) is 10.9 Å². The molecule has 0 bridgehead atoms. The molecule has 5 heteroatoms. The molecule has 0 aliphatic heterocycles. The molecule has 0 saturated heterocycles. The molecule has 96 valence electrons. The first-order chi connectivity index (χ1) is 8.61. The highest BCUT2D eigenvalue weighted by Crippen LogP contribution is 2.32.